The summed E-state index contributed by atoms with van der Waals surface area (Å²) < 4.78 is 5.67. The van der Waals surface area contributed by atoms with Crippen LogP contribution in [0, 0.1) is 55.7 Å². The van der Waals surface area contributed by atoms with E-state index in [1.54, 1.807) is 0 Å². The smallest absolute Gasteiger partial charge is 0.306 e. The lowest BCUT2D eigenvalue weighted by atomic mass is 9.38. The van der Waals surface area contributed by atoms with Crippen molar-refractivity contribution in [2.24, 2.45) is 44.3 Å². The molecule has 4 aliphatic rings. The lowest BCUT2D eigenvalue weighted by Gasteiger charge is -2.65. The highest BCUT2D eigenvalue weighted by atomic mass is 16.5. The minimum atomic E-state index is -0.675. The molecule has 2 saturated carbocycles. The number of ether oxygens (including phenoxy) is 1. The van der Waals surface area contributed by atoms with Crippen molar-refractivity contribution < 1.29 is 19.1 Å². The summed E-state index contributed by atoms with van der Waals surface area (Å²) in [7, 11) is 0. The van der Waals surface area contributed by atoms with Gasteiger partial charge in [-0.3, -0.25) is 14.4 Å². The van der Waals surface area contributed by atoms with Crippen molar-refractivity contribution in [2.45, 2.75) is 126 Å². The van der Waals surface area contributed by atoms with E-state index >= 15 is 0 Å². The molecule has 0 heterocycles. The van der Waals surface area contributed by atoms with Crippen LogP contribution < -0.4 is 0 Å². The molecule has 0 aliphatic heterocycles. The quantitative estimate of drug-likeness (QED) is 0.304. The number of rotatable bonds is 5. The van der Waals surface area contributed by atoms with Crippen LogP contribution in [0.25, 0.3) is 0 Å². The fourth-order valence-electron chi connectivity index (χ4n) is 10.1. The maximum absolute atomic E-state index is 14.4. The second kappa shape index (κ2) is 11.9. The fourth-order valence-corrected chi connectivity index (χ4v) is 10.1. The fraction of sp³-hybridized carbons (Fsp3) is 0.659. The van der Waals surface area contributed by atoms with Gasteiger partial charge in [-0.05, 0) is 97.0 Å². The van der Waals surface area contributed by atoms with Gasteiger partial charge in [0, 0.05) is 23.2 Å². The van der Waals surface area contributed by atoms with Crippen molar-refractivity contribution in [2.75, 3.05) is 0 Å². The van der Waals surface area contributed by atoms with Gasteiger partial charge >= 0.3 is 5.97 Å². The SMILES string of the molecule is CC1(C)CCC2C(=O)C=C3[C@@]4(C)C=C(C#N)C(=O)C(C)(C)[C@@H]4CC[C@@]3(C)[C@]2(C)CC[C@@](C)(CCC(=O)OCc2ccccc2)CC1. The van der Waals surface area contributed by atoms with Gasteiger partial charge < -0.3 is 4.74 Å². The van der Waals surface area contributed by atoms with Gasteiger partial charge in [0.15, 0.2) is 11.6 Å². The maximum Gasteiger partial charge on any atom is 0.306 e. The van der Waals surface area contributed by atoms with Gasteiger partial charge in [0.2, 0.25) is 0 Å². The molecular weight excluding hydrogens is 570 g/mol. The summed E-state index contributed by atoms with van der Waals surface area (Å²) in [5.74, 6) is -0.0803. The van der Waals surface area contributed by atoms with Crippen molar-refractivity contribution in [3.05, 3.63) is 59.2 Å². The second-order valence-corrected chi connectivity index (χ2v) is 17.5. The standard InChI is InChI=1S/C41H55NO4/c1-36(2)17-14-30-31(43)24-33-39(6)25-29(26-42)35(45)37(3,4)32(39)15-19-41(33,8)40(30,7)23-22-38(5,21-20-36)18-16-34(44)46-27-28-12-10-9-11-13-28/h9-13,24-25,30,32H,14-23,27H2,1-8H3/t30?,32-,38-,39-,40+,41+/m0/s1. The Labute approximate surface area is 277 Å². The van der Waals surface area contributed by atoms with E-state index in [0.717, 1.165) is 68.9 Å². The summed E-state index contributed by atoms with van der Waals surface area (Å²) in [5.41, 5.74) is 0.587. The molecule has 0 N–H and O–H groups in total. The van der Waals surface area contributed by atoms with Crippen LogP contribution in [0.15, 0.2) is 53.6 Å². The van der Waals surface area contributed by atoms with Gasteiger partial charge in [-0.1, -0.05) is 97.4 Å². The van der Waals surface area contributed by atoms with Crippen LogP contribution in [0.4, 0.5) is 0 Å². The van der Waals surface area contributed by atoms with E-state index in [1.165, 1.54) is 0 Å². The largest absolute Gasteiger partial charge is 0.461 e. The molecule has 0 amide bonds. The van der Waals surface area contributed by atoms with E-state index in [2.05, 4.69) is 47.6 Å². The Kier molecular flexibility index (Phi) is 8.89. The molecule has 2 fully saturated rings. The molecule has 1 aromatic rings. The highest BCUT2D eigenvalue weighted by Gasteiger charge is 2.65. The van der Waals surface area contributed by atoms with Crippen LogP contribution >= 0.6 is 0 Å². The van der Waals surface area contributed by atoms with Crippen molar-refractivity contribution in [3.63, 3.8) is 0 Å². The zero-order valence-corrected chi connectivity index (χ0v) is 29.6. The molecule has 6 atom stereocenters. The average Bonchev–Trinajstić information content (AvgIpc) is 3.00. The summed E-state index contributed by atoms with van der Waals surface area (Å²) in [4.78, 5) is 40.7. The van der Waals surface area contributed by atoms with E-state index in [9.17, 15) is 19.6 Å². The number of hydrogen-bond donors (Lipinski definition) is 0. The van der Waals surface area contributed by atoms with Gasteiger partial charge in [0.05, 0.1) is 5.57 Å². The molecule has 5 rings (SSSR count). The number of esters is 1. The first-order chi connectivity index (χ1) is 21.4. The van der Waals surface area contributed by atoms with Gasteiger partial charge in [-0.25, -0.2) is 0 Å². The molecule has 0 spiro atoms. The van der Waals surface area contributed by atoms with E-state index in [-0.39, 0.29) is 56.6 Å². The highest BCUT2D eigenvalue weighted by Crippen LogP contribution is 2.70. The monoisotopic (exact) mass is 625 g/mol. The maximum atomic E-state index is 14.4. The summed E-state index contributed by atoms with van der Waals surface area (Å²) in [6, 6.07) is 12.0. The molecular formula is C41H55NO4. The van der Waals surface area contributed by atoms with Crippen LogP contribution in [0.2, 0.25) is 0 Å². The van der Waals surface area contributed by atoms with Crippen molar-refractivity contribution >= 4 is 17.5 Å². The predicted molar refractivity (Wildman–Crippen MR) is 181 cm³/mol. The molecule has 5 heteroatoms. The van der Waals surface area contributed by atoms with Gasteiger partial charge in [-0.2, -0.15) is 5.26 Å². The summed E-state index contributed by atoms with van der Waals surface area (Å²) in [6.45, 7) is 18.2. The Balaban J connectivity index is 1.47. The molecule has 1 unspecified atom stereocenters. The lowest BCUT2D eigenvalue weighted by Crippen LogP contribution is -2.60. The summed E-state index contributed by atoms with van der Waals surface area (Å²) in [6.07, 6.45) is 12.6. The van der Waals surface area contributed by atoms with Crippen LogP contribution in [0.3, 0.4) is 0 Å². The Bertz CT molecular complexity index is 1490. The Hall–Kier alpha value is -3.00. The lowest BCUT2D eigenvalue weighted by molar-refractivity contribution is -0.145. The van der Waals surface area contributed by atoms with Crippen molar-refractivity contribution in [3.8, 4) is 6.07 Å². The molecule has 0 aromatic heterocycles. The average molecular weight is 626 g/mol. The number of hydrogen-bond acceptors (Lipinski definition) is 5. The molecule has 0 radical (unpaired) electrons. The molecule has 4 aliphatic carbocycles. The van der Waals surface area contributed by atoms with E-state index < -0.39 is 10.8 Å². The molecule has 46 heavy (non-hydrogen) atoms. The minimum absolute atomic E-state index is 0.0301. The number of ketones is 2. The minimum Gasteiger partial charge on any atom is -0.461 e. The zero-order chi connectivity index (χ0) is 33.8. The zero-order valence-electron chi connectivity index (χ0n) is 29.6. The van der Waals surface area contributed by atoms with Crippen molar-refractivity contribution in [1.82, 2.24) is 0 Å². The Morgan fingerprint density at radius 1 is 0.891 bits per heavy atom. The first-order valence-corrected chi connectivity index (χ1v) is 17.5. The van der Waals surface area contributed by atoms with E-state index in [1.807, 2.05) is 56.3 Å². The number of carbonyl (C=O) groups excluding carboxylic acids is 3. The third kappa shape index (κ3) is 5.84. The first kappa shape index (κ1) is 34.3. The molecule has 5 nitrogen and oxygen atoms in total. The van der Waals surface area contributed by atoms with E-state index in [0.29, 0.717) is 13.0 Å². The number of nitrogens with zero attached hydrogens (tertiary/aromatic N) is 1. The van der Waals surface area contributed by atoms with Crippen LogP contribution in [-0.2, 0) is 25.7 Å². The number of fused-ring (bicyclic) bond motifs is 5. The molecule has 0 bridgehead atoms. The van der Waals surface area contributed by atoms with Crippen LogP contribution in [0.1, 0.15) is 125 Å². The van der Waals surface area contributed by atoms with E-state index in [4.69, 9.17) is 4.74 Å². The highest BCUT2D eigenvalue weighted by molar-refractivity contribution is 6.04. The topological polar surface area (TPSA) is 84.2 Å². The Morgan fingerprint density at radius 2 is 1.57 bits per heavy atom. The van der Waals surface area contributed by atoms with Gasteiger partial charge in [-0.15, -0.1) is 0 Å². The van der Waals surface area contributed by atoms with Crippen molar-refractivity contribution in [1.29, 1.82) is 5.26 Å². The number of carbonyl (C=O) groups is 3. The Morgan fingerprint density at radius 3 is 2.24 bits per heavy atom. The third-order valence-corrected chi connectivity index (χ3v) is 13.7. The second-order valence-electron chi connectivity index (χ2n) is 17.5. The predicted octanol–water partition coefficient (Wildman–Crippen LogP) is 9.51. The van der Waals surface area contributed by atoms with Gasteiger partial charge in [0.25, 0.3) is 0 Å². The summed E-state index contributed by atoms with van der Waals surface area (Å²) in [5, 5.41) is 10.0. The number of nitriles is 1. The third-order valence-electron chi connectivity index (χ3n) is 13.7. The number of Topliss-reactive ketones (excluding diaryl/α,β-unsaturated/α-hetero) is 1. The number of benzene rings is 1. The number of allylic oxidation sites excluding steroid dienone is 4. The van der Waals surface area contributed by atoms with Gasteiger partial charge in [0.1, 0.15) is 12.7 Å². The van der Waals surface area contributed by atoms with Crippen LogP contribution in [0.5, 0.6) is 0 Å². The summed E-state index contributed by atoms with van der Waals surface area (Å²) >= 11 is 0. The van der Waals surface area contributed by atoms with Crippen LogP contribution in [-0.4, -0.2) is 17.5 Å². The normalized spacial score (nSPS) is 36.9. The molecule has 1 aromatic carbocycles. The first-order valence-electron chi connectivity index (χ1n) is 17.5. The molecule has 248 valence electrons. The molecule has 0 saturated heterocycles.